The van der Waals surface area contributed by atoms with Crippen molar-refractivity contribution in [3.63, 3.8) is 0 Å². The molecule has 0 radical (unpaired) electrons. The van der Waals surface area contributed by atoms with Crippen LogP contribution in [0.2, 0.25) is 0 Å². The summed E-state index contributed by atoms with van der Waals surface area (Å²) >= 11 is 0. The van der Waals surface area contributed by atoms with Crippen molar-refractivity contribution in [1.82, 2.24) is 5.32 Å². The minimum absolute atomic E-state index is 0.227. The minimum atomic E-state index is -1.40. The predicted molar refractivity (Wildman–Crippen MR) is 57.4 cm³/mol. The molecule has 0 aliphatic carbocycles. The average Bonchev–Trinajstić information content (AvgIpc) is 2.35. The first-order valence-corrected chi connectivity index (χ1v) is 4.85. The highest BCUT2D eigenvalue weighted by Crippen LogP contribution is 2.21. The lowest BCUT2D eigenvalue weighted by atomic mass is 10.1. The summed E-state index contributed by atoms with van der Waals surface area (Å²) < 4.78 is 30.6. The zero-order chi connectivity index (χ0) is 14.6. The van der Waals surface area contributed by atoms with Gasteiger partial charge in [-0.3, -0.25) is 19.7 Å². The number of esters is 1. The van der Waals surface area contributed by atoms with Crippen molar-refractivity contribution in [3.05, 3.63) is 39.4 Å². The van der Waals surface area contributed by atoms with Crippen LogP contribution in [0.15, 0.2) is 12.1 Å². The molecular formula is C10H8F2N2O5. The van der Waals surface area contributed by atoms with Gasteiger partial charge < -0.3 is 10.1 Å². The molecular weight excluding hydrogens is 266 g/mol. The lowest BCUT2D eigenvalue weighted by Gasteiger charge is -2.05. The maximum atomic E-state index is 13.3. The first kappa shape index (κ1) is 14.5. The van der Waals surface area contributed by atoms with E-state index in [4.69, 9.17) is 0 Å². The molecule has 102 valence electrons. The van der Waals surface area contributed by atoms with Crippen LogP contribution in [0.3, 0.4) is 0 Å². The SMILES string of the molecule is COC(=O)CNC(=O)c1cc([N+](=O)[O-])c(F)cc1F. The van der Waals surface area contributed by atoms with Gasteiger partial charge in [0, 0.05) is 12.1 Å². The number of hydrogen-bond acceptors (Lipinski definition) is 5. The third kappa shape index (κ3) is 3.44. The molecule has 1 amide bonds. The molecule has 1 N–H and O–H groups in total. The molecule has 0 saturated heterocycles. The van der Waals surface area contributed by atoms with Gasteiger partial charge in [-0.15, -0.1) is 0 Å². The Balaban J connectivity index is 3.00. The maximum absolute atomic E-state index is 13.3. The topological polar surface area (TPSA) is 98.5 Å². The molecule has 0 unspecified atom stereocenters. The Labute approximate surface area is 105 Å². The van der Waals surface area contributed by atoms with E-state index in [1.165, 1.54) is 0 Å². The van der Waals surface area contributed by atoms with Crippen LogP contribution < -0.4 is 5.32 Å². The van der Waals surface area contributed by atoms with E-state index < -0.39 is 46.2 Å². The Morgan fingerprint density at radius 2 is 2.00 bits per heavy atom. The maximum Gasteiger partial charge on any atom is 0.325 e. The van der Waals surface area contributed by atoms with Crippen LogP contribution in [0.25, 0.3) is 0 Å². The van der Waals surface area contributed by atoms with E-state index in [1.54, 1.807) is 0 Å². The van der Waals surface area contributed by atoms with Crippen molar-refractivity contribution in [2.45, 2.75) is 0 Å². The molecule has 1 rings (SSSR count). The summed E-state index contributed by atoms with van der Waals surface area (Å²) in [5.74, 6) is -4.55. The zero-order valence-corrected chi connectivity index (χ0v) is 9.61. The fourth-order valence-electron chi connectivity index (χ4n) is 1.17. The molecule has 0 aliphatic rings. The van der Waals surface area contributed by atoms with Crippen molar-refractivity contribution >= 4 is 17.6 Å². The number of carbonyl (C=O) groups is 2. The number of carbonyl (C=O) groups excluding carboxylic acids is 2. The average molecular weight is 274 g/mol. The van der Waals surface area contributed by atoms with Crippen LogP contribution in [0, 0.1) is 21.7 Å². The Morgan fingerprint density at radius 1 is 1.37 bits per heavy atom. The quantitative estimate of drug-likeness (QED) is 0.497. The van der Waals surface area contributed by atoms with Gasteiger partial charge in [-0.05, 0) is 0 Å². The Kier molecular flexibility index (Phi) is 4.46. The molecule has 0 atom stereocenters. The second-order valence-electron chi connectivity index (χ2n) is 3.30. The molecule has 0 bridgehead atoms. The number of nitro groups is 1. The smallest absolute Gasteiger partial charge is 0.325 e. The van der Waals surface area contributed by atoms with Gasteiger partial charge in [-0.1, -0.05) is 0 Å². The zero-order valence-electron chi connectivity index (χ0n) is 9.61. The standard InChI is InChI=1S/C10H8F2N2O5/c1-19-9(15)4-13-10(16)5-2-8(14(17)18)7(12)3-6(5)11/h2-3H,4H2,1H3,(H,13,16). The summed E-state index contributed by atoms with van der Waals surface area (Å²) in [5.41, 5.74) is -1.78. The minimum Gasteiger partial charge on any atom is -0.468 e. The summed E-state index contributed by atoms with van der Waals surface area (Å²) in [7, 11) is 1.08. The van der Waals surface area contributed by atoms with Crippen LogP contribution in [0.5, 0.6) is 0 Å². The number of nitrogens with zero attached hydrogens (tertiary/aromatic N) is 1. The van der Waals surface area contributed by atoms with Gasteiger partial charge in [-0.25, -0.2) is 4.39 Å². The number of benzene rings is 1. The number of ether oxygens (including phenoxy) is 1. The fourth-order valence-corrected chi connectivity index (χ4v) is 1.17. The van der Waals surface area contributed by atoms with E-state index >= 15 is 0 Å². The van der Waals surface area contributed by atoms with E-state index in [0.29, 0.717) is 6.07 Å². The molecule has 1 aromatic rings. The number of methoxy groups -OCH3 is 1. The van der Waals surface area contributed by atoms with Crippen LogP contribution in [-0.2, 0) is 9.53 Å². The number of amides is 1. The van der Waals surface area contributed by atoms with Crippen molar-refractivity contribution in [2.75, 3.05) is 13.7 Å². The fraction of sp³-hybridized carbons (Fsp3) is 0.200. The van der Waals surface area contributed by atoms with E-state index in [1.807, 2.05) is 5.32 Å². The van der Waals surface area contributed by atoms with Gasteiger partial charge in [0.1, 0.15) is 12.4 Å². The Hall–Kier alpha value is -2.58. The van der Waals surface area contributed by atoms with Gasteiger partial charge >= 0.3 is 11.7 Å². The van der Waals surface area contributed by atoms with E-state index in [2.05, 4.69) is 4.74 Å². The van der Waals surface area contributed by atoms with Crippen LogP contribution >= 0.6 is 0 Å². The monoisotopic (exact) mass is 274 g/mol. The van der Waals surface area contributed by atoms with Gasteiger partial charge in [0.15, 0.2) is 0 Å². The second kappa shape index (κ2) is 5.85. The van der Waals surface area contributed by atoms with Crippen molar-refractivity contribution in [1.29, 1.82) is 0 Å². The molecule has 0 saturated carbocycles. The van der Waals surface area contributed by atoms with Gasteiger partial charge in [0.25, 0.3) is 5.91 Å². The Bertz CT molecular complexity index is 547. The summed E-state index contributed by atoms with van der Waals surface area (Å²) in [5, 5.41) is 12.4. The highest BCUT2D eigenvalue weighted by molar-refractivity contribution is 5.96. The van der Waals surface area contributed by atoms with Crippen LogP contribution in [-0.4, -0.2) is 30.5 Å². The lowest BCUT2D eigenvalue weighted by Crippen LogP contribution is -2.30. The number of hydrogen-bond donors (Lipinski definition) is 1. The third-order valence-electron chi connectivity index (χ3n) is 2.10. The number of nitrogens with one attached hydrogen (secondary N) is 1. The van der Waals surface area contributed by atoms with Gasteiger partial charge in [0.2, 0.25) is 5.82 Å². The molecule has 9 heteroatoms. The van der Waals surface area contributed by atoms with Crippen molar-refractivity contribution < 1.29 is 28.0 Å². The molecule has 0 aliphatic heterocycles. The van der Waals surface area contributed by atoms with Crippen LogP contribution in [0.1, 0.15) is 10.4 Å². The largest absolute Gasteiger partial charge is 0.468 e. The summed E-state index contributed by atoms with van der Waals surface area (Å²) in [4.78, 5) is 31.6. The first-order valence-electron chi connectivity index (χ1n) is 4.85. The normalized spacial score (nSPS) is 9.84. The van der Waals surface area contributed by atoms with E-state index in [9.17, 15) is 28.5 Å². The summed E-state index contributed by atoms with van der Waals surface area (Å²) in [6.07, 6.45) is 0. The first-order chi connectivity index (χ1) is 8.86. The number of rotatable bonds is 4. The third-order valence-corrected chi connectivity index (χ3v) is 2.10. The number of nitro benzene ring substituents is 1. The van der Waals surface area contributed by atoms with E-state index in [-0.39, 0.29) is 6.07 Å². The van der Waals surface area contributed by atoms with Gasteiger partial charge in [0.05, 0.1) is 17.6 Å². The molecule has 0 spiro atoms. The summed E-state index contributed by atoms with van der Waals surface area (Å²) in [6.45, 7) is -0.542. The molecule has 19 heavy (non-hydrogen) atoms. The highest BCUT2D eigenvalue weighted by atomic mass is 19.1. The molecule has 0 heterocycles. The van der Waals surface area contributed by atoms with Crippen LogP contribution in [0.4, 0.5) is 14.5 Å². The molecule has 7 nitrogen and oxygen atoms in total. The molecule has 0 fully saturated rings. The highest BCUT2D eigenvalue weighted by Gasteiger charge is 2.22. The van der Waals surface area contributed by atoms with Crippen molar-refractivity contribution in [3.8, 4) is 0 Å². The second-order valence-corrected chi connectivity index (χ2v) is 3.30. The molecule has 0 aromatic heterocycles. The van der Waals surface area contributed by atoms with E-state index in [0.717, 1.165) is 7.11 Å². The Morgan fingerprint density at radius 3 is 2.53 bits per heavy atom. The predicted octanol–water partition coefficient (Wildman–Crippen LogP) is 0.776. The van der Waals surface area contributed by atoms with Gasteiger partial charge in [-0.2, -0.15) is 4.39 Å². The summed E-state index contributed by atoms with van der Waals surface area (Å²) in [6, 6.07) is 0.683. The number of halogens is 2. The molecule has 1 aromatic carbocycles. The lowest BCUT2D eigenvalue weighted by molar-refractivity contribution is -0.387. The van der Waals surface area contributed by atoms with Crippen molar-refractivity contribution in [2.24, 2.45) is 0 Å².